The number of rotatable bonds is 0. The minimum atomic E-state index is -4.54. The molecule has 0 saturated carbocycles. The first-order valence-corrected chi connectivity index (χ1v) is 4.22. The quantitative estimate of drug-likeness (QED) is 0.733. The van der Waals surface area contributed by atoms with Gasteiger partial charge in [-0.1, -0.05) is 0 Å². The first kappa shape index (κ1) is 10.9. The maximum absolute atomic E-state index is 12.3. The summed E-state index contributed by atoms with van der Waals surface area (Å²) in [5.41, 5.74) is 3.98. The third-order valence-corrected chi connectivity index (χ3v) is 2.44. The van der Waals surface area contributed by atoms with Crippen LogP contribution in [0.3, 0.4) is 0 Å². The van der Waals surface area contributed by atoms with Crippen LogP contribution < -0.4 is 5.73 Å². The number of hydrogen-bond donors (Lipinski definition) is 1. The molecular weight excluding hydrogens is 261 g/mol. The zero-order valence-corrected chi connectivity index (χ0v) is 8.28. The monoisotopic (exact) mass is 264 g/mol. The molecular formula is C8H4BrF3N2. The van der Waals surface area contributed by atoms with E-state index >= 15 is 0 Å². The molecule has 0 aromatic heterocycles. The Labute approximate surface area is 86.3 Å². The van der Waals surface area contributed by atoms with Crippen LogP contribution in [-0.4, -0.2) is 0 Å². The standard InChI is InChI=1S/C8H4BrF3N2/c9-7-4(3-13)5(8(10,11)12)1-2-6(7)14/h1-2H,14H2. The van der Waals surface area contributed by atoms with Crippen LogP contribution in [0.4, 0.5) is 18.9 Å². The van der Waals surface area contributed by atoms with Gasteiger partial charge in [-0.3, -0.25) is 0 Å². The lowest BCUT2D eigenvalue weighted by Crippen LogP contribution is -2.09. The third kappa shape index (κ3) is 1.82. The number of anilines is 1. The van der Waals surface area contributed by atoms with Crippen molar-refractivity contribution in [2.75, 3.05) is 5.73 Å². The van der Waals surface area contributed by atoms with Crippen LogP contribution in [0.2, 0.25) is 0 Å². The van der Waals surface area contributed by atoms with Gasteiger partial charge in [-0.2, -0.15) is 18.4 Å². The summed E-state index contributed by atoms with van der Waals surface area (Å²) >= 11 is 2.84. The second-order valence-corrected chi connectivity index (χ2v) is 3.29. The number of alkyl halides is 3. The van der Waals surface area contributed by atoms with Gasteiger partial charge in [0.05, 0.1) is 15.6 Å². The summed E-state index contributed by atoms with van der Waals surface area (Å²) in [6, 6.07) is 3.36. The molecule has 14 heavy (non-hydrogen) atoms. The van der Waals surface area contributed by atoms with Crippen molar-refractivity contribution in [3.05, 3.63) is 27.7 Å². The average Bonchev–Trinajstić information content (AvgIpc) is 2.07. The van der Waals surface area contributed by atoms with E-state index in [-0.39, 0.29) is 10.2 Å². The minimum Gasteiger partial charge on any atom is -0.398 e. The zero-order chi connectivity index (χ0) is 10.9. The summed E-state index contributed by atoms with van der Waals surface area (Å²) in [6.07, 6.45) is -4.54. The van der Waals surface area contributed by atoms with Crippen LogP contribution in [0, 0.1) is 11.3 Å². The van der Waals surface area contributed by atoms with Gasteiger partial charge in [-0.25, -0.2) is 0 Å². The molecule has 2 N–H and O–H groups in total. The Kier molecular flexibility index (Phi) is 2.71. The van der Waals surface area contributed by atoms with E-state index in [9.17, 15) is 13.2 Å². The number of nitriles is 1. The van der Waals surface area contributed by atoms with E-state index in [1.54, 1.807) is 0 Å². The number of benzene rings is 1. The van der Waals surface area contributed by atoms with Crippen molar-refractivity contribution in [2.24, 2.45) is 0 Å². The Morgan fingerprint density at radius 2 is 1.93 bits per heavy atom. The highest BCUT2D eigenvalue weighted by molar-refractivity contribution is 9.10. The number of nitrogens with zero attached hydrogens (tertiary/aromatic N) is 1. The largest absolute Gasteiger partial charge is 0.417 e. The van der Waals surface area contributed by atoms with Gasteiger partial charge in [-0.05, 0) is 28.1 Å². The molecule has 0 radical (unpaired) electrons. The molecule has 2 nitrogen and oxygen atoms in total. The van der Waals surface area contributed by atoms with Gasteiger partial charge in [0.2, 0.25) is 0 Å². The van der Waals surface area contributed by atoms with E-state index in [0.717, 1.165) is 12.1 Å². The predicted molar refractivity (Wildman–Crippen MR) is 48.3 cm³/mol. The highest BCUT2D eigenvalue weighted by atomic mass is 79.9. The molecule has 0 bridgehead atoms. The highest BCUT2D eigenvalue weighted by Gasteiger charge is 2.34. The van der Waals surface area contributed by atoms with Gasteiger partial charge in [0, 0.05) is 5.69 Å². The first-order chi connectivity index (χ1) is 6.38. The smallest absolute Gasteiger partial charge is 0.398 e. The third-order valence-electron chi connectivity index (χ3n) is 1.59. The van der Waals surface area contributed by atoms with Crippen molar-refractivity contribution in [1.29, 1.82) is 5.26 Å². The fraction of sp³-hybridized carbons (Fsp3) is 0.125. The summed E-state index contributed by atoms with van der Waals surface area (Å²) in [5.74, 6) is 0. The molecule has 0 aliphatic heterocycles. The molecule has 0 saturated heterocycles. The first-order valence-electron chi connectivity index (χ1n) is 3.43. The van der Waals surface area contributed by atoms with Crippen molar-refractivity contribution in [2.45, 2.75) is 6.18 Å². The fourth-order valence-electron chi connectivity index (χ4n) is 0.938. The Hall–Kier alpha value is -1.22. The summed E-state index contributed by atoms with van der Waals surface area (Å²) in [7, 11) is 0. The van der Waals surface area contributed by atoms with Crippen LogP contribution in [0.15, 0.2) is 16.6 Å². The molecule has 0 amide bonds. The maximum atomic E-state index is 12.3. The predicted octanol–water partition coefficient (Wildman–Crippen LogP) is 2.92. The molecule has 0 aliphatic rings. The normalized spacial score (nSPS) is 11.1. The lowest BCUT2D eigenvalue weighted by atomic mass is 10.1. The lowest BCUT2D eigenvalue weighted by molar-refractivity contribution is -0.137. The Morgan fingerprint density at radius 1 is 1.36 bits per heavy atom. The van der Waals surface area contributed by atoms with Gasteiger partial charge in [-0.15, -0.1) is 0 Å². The van der Waals surface area contributed by atoms with E-state index < -0.39 is 17.3 Å². The summed E-state index contributed by atoms with van der Waals surface area (Å²) in [6.45, 7) is 0. The van der Waals surface area contributed by atoms with Crippen molar-refractivity contribution < 1.29 is 13.2 Å². The molecule has 0 spiro atoms. The van der Waals surface area contributed by atoms with E-state index in [2.05, 4.69) is 15.9 Å². The molecule has 74 valence electrons. The van der Waals surface area contributed by atoms with E-state index in [1.807, 2.05) is 0 Å². The second-order valence-electron chi connectivity index (χ2n) is 2.50. The van der Waals surface area contributed by atoms with Crippen molar-refractivity contribution in [3.8, 4) is 6.07 Å². The van der Waals surface area contributed by atoms with Crippen molar-refractivity contribution >= 4 is 21.6 Å². The Balaban J connectivity index is 3.49. The van der Waals surface area contributed by atoms with E-state index in [4.69, 9.17) is 11.0 Å². The van der Waals surface area contributed by atoms with Crippen LogP contribution in [-0.2, 0) is 6.18 Å². The average molecular weight is 265 g/mol. The molecule has 0 atom stereocenters. The number of halogens is 4. The van der Waals surface area contributed by atoms with E-state index in [0.29, 0.717) is 0 Å². The molecule has 0 unspecified atom stereocenters. The van der Waals surface area contributed by atoms with Crippen LogP contribution in [0.1, 0.15) is 11.1 Å². The molecule has 6 heteroatoms. The molecule has 1 aromatic carbocycles. The van der Waals surface area contributed by atoms with Gasteiger partial charge < -0.3 is 5.73 Å². The molecule has 0 fully saturated rings. The van der Waals surface area contributed by atoms with Gasteiger partial charge >= 0.3 is 6.18 Å². The molecule has 1 rings (SSSR count). The topological polar surface area (TPSA) is 49.8 Å². The van der Waals surface area contributed by atoms with Crippen LogP contribution in [0.25, 0.3) is 0 Å². The van der Waals surface area contributed by atoms with Crippen molar-refractivity contribution in [1.82, 2.24) is 0 Å². The number of nitrogen functional groups attached to an aromatic ring is 1. The summed E-state index contributed by atoms with van der Waals surface area (Å²) in [4.78, 5) is 0. The fourth-order valence-corrected chi connectivity index (χ4v) is 1.37. The number of hydrogen-bond acceptors (Lipinski definition) is 2. The van der Waals surface area contributed by atoms with Crippen molar-refractivity contribution in [3.63, 3.8) is 0 Å². The Bertz CT molecular complexity index is 406. The lowest BCUT2D eigenvalue weighted by Gasteiger charge is -2.10. The van der Waals surface area contributed by atoms with Gasteiger partial charge in [0.25, 0.3) is 0 Å². The Morgan fingerprint density at radius 3 is 2.36 bits per heavy atom. The summed E-state index contributed by atoms with van der Waals surface area (Å²) < 4.78 is 37.0. The highest BCUT2D eigenvalue weighted by Crippen LogP contribution is 2.36. The molecule has 1 aromatic rings. The van der Waals surface area contributed by atoms with Crippen LogP contribution in [0.5, 0.6) is 0 Å². The summed E-state index contributed by atoms with van der Waals surface area (Å²) in [5, 5.41) is 8.55. The molecule has 0 aliphatic carbocycles. The second kappa shape index (κ2) is 3.50. The minimum absolute atomic E-state index is 0.0187. The van der Waals surface area contributed by atoms with Gasteiger partial charge in [0.1, 0.15) is 6.07 Å². The SMILES string of the molecule is N#Cc1c(C(F)(F)F)ccc(N)c1Br. The molecule has 0 heterocycles. The number of nitrogens with two attached hydrogens (primary N) is 1. The zero-order valence-electron chi connectivity index (χ0n) is 6.69. The van der Waals surface area contributed by atoms with E-state index in [1.165, 1.54) is 6.07 Å². The van der Waals surface area contributed by atoms with Gasteiger partial charge in [0.15, 0.2) is 0 Å². The van der Waals surface area contributed by atoms with Crippen LogP contribution >= 0.6 is 15.9 Å². The maximum Gasteiger partial charge on any atom is 0.417 e.